The molecule has 1 unspecified atom stereocenters. The van der Waals surface area contributed by atoms with Crippen LogP contribution in [0.5, 0.6) is 34.5 Å². The van der Waals surface area contributed by atoms with E-state index in [2.05, 4.69) is 10.2 Å². The number of aromatic hydroxyl groups is 1. The molecule has 6 aliphatic heterocycles. The van der Waals surface area contributed by atoms with Gasteiger partial charge in [-0.1, -0.05) is 6.07 Å². The van der Waals surface area contributed by atoms with Gasteiger partial charge < -0.3 is 43.1 Å². The van der Waals surface area contributed by atoms with E-state index in [1.807, 2.05) is 50.1 Å². The monoisotopic (exact) mass is 771 g/mol. The number of carbonyl (C=O) groups is 2. The van der Waals surface area contributed by atoms with Crippen molar-refractivity contribution in [1.82, 2.24) is 15.1 Å². The lowest BCUT2D eigenvalue weighted by molar-refractivity contribution is -0.183. The number of methoxy groups -OCH3 is 2. The van der Waals surface area contributed by atoms with Crippen LogP contribution in [0.3, 0.4) is 0 Å². The molecule has 14 nitrogen and oxygen atoms in total. The Labute approximate surface area is 320 Å². The third-order valence-electron chi connectivity index (χ3n) is 12.4. The second-order valence-electron chi connectivity index (χ2n) is 15.1. The number of aliphatic hydroxyl groups excluding tert-OH is 1. The summed E-state index contributed by atoms with van der Waals surface area (Å²) in [5.74, 6) is 1.55. The number of nitrogens with zero attached hydrogens (tertiary/aromatic N) is 2. The zero-order chi connectivity index (χ0) is 38.2. The first-order valence-corrected chi connectivity index (χ1v) is 19.3. The minimum absolute atomic E-state index is 0.0264. The van der Waals surface area contributed by atoms with E-state index in [-0.39, 0.29) is 19.1 Å². The van der Waals surface area contributed by atoms with Gasteiger partial charge in [0, 0.05) is 52.7 Å². The SMILES string of the molecule is COc1ccc2oc3c(c2c1)CCN[C@]31S[C@@H]2c3c(OC(C)=O)c(C)c4c(c3C(COC1=O)N1[C@@H]2[C@@H]2c3c(cc(C)c(OC)c3O)C[C@@H]([C@@H]1O)N2C)OCO4. The normalized spacial score (nSPS) is 29.0. The molecule has 4 bridgehead atoms. The lowest BCUT2D eigenvalue weighted by Gasteiger charge is -2.61. The highest BCUT2D eigenvalue weighted by molar-refractivity contribution is 8.01. The van der Waals surface area contributed by atoms with Crippen LogP contribution in [-0.4, -0.2) is 91.5 Å². The number of ether oxygens (including phenoxy) is 6. The van der Waals surface area contributed by atoms with E-state index in [0.29, 0.717) is 81.7 Å². The summed E-state index contributed by atoms with van der Waals surface area (Å²) in [7, 11) is 5.09. The third-order valence-corrected chi connectivity index (χ3v) is 14.0. The van der Waals surface area contributed by atoms with Crippen LogP contribution in [0, 0.1) is 13.8 Å². The van der Waals surface area contributed by atoms with Gasteiger partial charge in [0.2, 0.25) is 11.7 Å². The molecule has 6 aliphatic rings. The fourth-order valence-corrected chi connectivity index (χ4v) is 12.0. The summed E-state index contributed by atoms with van der Waals surface area (Å²) in [6, 6.07) is 5.24. The number of carbonyl (C=O) groups excluding carboxylic acids is 2. The van der Waals surface area contributed by atoms with Crippen LogP contribution >= 0.6 is 11.8 Å². The van der Waals surface area contributed by atoms with Crippen LogP contribution in [0.2, 0.25) is 0 Å². The van der Waals surface area contributed by atoms with E-state index in [4.69, 9.17) is 32.8 Å². The number of rotatable bonds is 3. The van der Waals surface area contributed by atoms with Crippen molar-refractivity contribution in [1.29, 1.82) is 0 Å². The van der Waals surface area contributed by atoms with E-state index in [1.54, 1.807) is 7.11 Å². The number of benzene rings is 3. The van der Waals surface area contributed by atoms with Crippen molar-refractivity contribution in [2.24, 2.45) is 0 Å². The molecule has 10 rings (SSSR count). The summed E-state index contributed by atoms with van der Waals surface area (Å²) in [6.07, 6.45) is -0.0280. The number of hydrogen-bond donors (Lipinski definition) is 3. The number of phenols is 1. The Morgan fingerprint density at radius 2 is 1.85 bits per heavy atom. The van der Waals surface area contributed by atoms with E-state index < -0.39 is 52.5 Å². The summed E-state index contributed by atoms with van der Waals surface area (Å²) in [5.41, 5.74) is 5.62. The number of likely N-dealkylation sites (N-methyl/N-ethyl adjacent to an activating group) is 1. The zero-order valence-corrected chi connectivity index (χ0v) is 32.0. The second-order valence-corrected chi connectivity index (χ2v) is 16.5. The fourth-order valence-electron chi connectivity index (χ4n) is 10.2. The maximum absolute atomic E-state index is 15.0. The Morgan fingerprint density at radius 3 is 2.62 bits per heavy atom. The van der Waals surface area contributed by atoms with Crippen molar-refractivity contribution in [3.8, 4) is 34.5 Å². The molecule has 1 fully saturated rings. The van der Waals surface area contributed by atoms with Crippen molar-refractivity contribution in [2.75, 3.05) is 41.2 Å². The highest BCUT2D eigenvalue weighted by atomic mass is 32.2. The molecule has 0 saturated carbocycles. The van der Waals surface area contributed by atoms with Crippen LogP contribution in [0.15, 0.2) is 28.7 Å². The highest BCUT2D eigenvalue weighted by Crippen LogP contribution is 2.66. The predicted molar refractivity (Wildman–Crippen MR) is 198 cm³/mol. The van der Waals surface area contributed by atoms with E-state index in [9.17, 15) is 19.8 Å². The molecule has 288 valence electrons. The summed E-state index contributed by atoms with van der Waals surface area (Å²) >= 11 is 1.29. The first-order chi connectivity index (χ1) is 26.5. The molecule has 1 spiro atoms. The van der Waals surface area contributed by atoms with Crippen LogP contribution in [0.4, 0.5) is 0 Å². The molecular weight excluding hydrogens is 731 g/mol. The number of esters is 2. The lowest BCUT2D eigenvalue weighted by atomic mass is 9.73. The molecule has 4 aromatic rings. The van der Waals surface area contributed by atoms with Crippen molar-refractivity contribution < 1.29 is 52.6 Å². The summed E-state index contributed by atoms with van der Waals surface area (Å²) < 4.78 is 42.8. The number of aryl methyl sites for hydroxylation is 1. The van der Waals surface area contributed by atoms with Gasteiger partial charge in [0.15, 0.2) is 28.8 Å². The van der Waals surface area contributed by atoms with E-state index in [1.165, 1.54) is 25.8 Å². The van der Waals surface area contributed by atoms with Crippen LogP contribution in [-0.2, 0) is 32.0 Å². The molecule has 0 aliphatic carbocycles. The van der Waals surface area contributed by atoms with Gasteiger partial charge in [-0.15, -0.1) is 11.8 Å². The Balaban J connectivity index is 1.29. The molecule has 0 radical (unpaired) electrons. The van der Waals surface area contributed by atoms with Gasteiger partial charge in [-0.25, -0.2) is 4.79 Å². The van der Waals surface area contributed by atoms with Crippen molar-refractivity contribution >= 4 is 34.7 Å². The molecule has 0 amide bonds. The molecule has 3 aromatic carbocycles. The second kappa shape index (κ2) is 12.2. The van der Waals surface area contributed by atoms with Gasteiger partial charge in [-0.05, 0) is 63.1 Å². The number of hydrogen-bond acceptors (Lipinski definition) is 15. The molecule has 15 heteroatoms. The maximum Gasteiger partial charge on any atom is 0.345 e. The number of furan rings is 1. The van der Waals surface area contributed by atoms with Crippen LogP contribution in [0.25, 0.3) is 11.0 Å². The average molecular weight is 772 g/mol. The average Bonchev–Trinajstić information content (AvgIpc) is 3.82. The molecule has 55 heavy (non-hydrogen) atoms. The van der Waals surface area contributed by atoms with Crippen LogP contribution < -0.4 is 29.0 Å². The van der Waals surface area contributed by atoms with E-state index >= 15 is 0 Å². The maximum atomic E-state index is 15.0. The minimum atomic E-state index is -1.59. The van der Waals surface area contributed by atoms with Gasteiger partial charge in [-0.2, -0.15) is 0 Å². The van der Waals surface area contributed by atoms with Crippen molar-refractivity contribution in [3.63, 3.8) is 0 Å². The largest absolute Gasteiger partial charge is 0.504 e. The molecule has 7 atom stereocenters. The Bertz CT molecular complexity index is 2340. The summed E-state index contributed by atoms with van der Waals surface area (Å²) in [5, 5.41) is 28.3. The molecule has 1 saturated heterocycles. The minimum Gasteiger partial charge on any atom is -0.504 e. The first-order valence-electron chi connectivity index (χ1n) is 18.4. The molecular formula is C40H41N3O11S. The smallest absolute Gasteiger partial charge is 0.345 e. The molecule has 3 N–H and O–H groups in total. The quantitative estimate of drug-likeness (QED) is 0.198. The topological polar surface area (TPSA) is 162 Å². The predicted octanol–water partition coefficient (Wildman–Crippen LogP) is 4.41. The van der Waals surface area contributed by atoms with E-state index in [0.717, 1.165) is 22.1 Å². The number of phenolic OH excluding ortho intramolecular Hbond substituents is 1. The Hall–Kier alpha value is -4.67. The van der Waals surface area contributed by atoms with Crippen molar-refractivity contribution in [3.05, 3.63) is 69.0 Å². The third kappa shape index (κ3) is 4.58. The first kappa shape index (κ1) is 34.8. The Kier molecular flexibility index (Phi) is 7.69. The Morgan fingerprint density at radius 1 is 1.05 bits per heavy atom. The molecule has 7 heterocycles. The summed E-state index contributed by atoms with van der Waals surface area (Å²) in [6.45, 7) is 5.24. The standard InChI is InChI=1S/C40H41N3O11S/c1-16-11-19-12-23-38(46)43-24-14-50-39(47)40(37-21(9-10-41-40)22-13-20(48-5)7-8-25(22)54-37)55-36(30(43)29(42(23)4)26(19)31(45)32(16)49-6)28-27(24)35-34(51-15-52-35)17(2)33(28)53-18(3)44/h7-8,11,13,23-24,29-30,36,38,41,45-46H,9-10,12,14-15H2,1-6H3/t23-,24?,29-,30+,36+,38-,40-/m0/s1. The van der Waals surface area contributed by atoms with Gasteiger partial charge in [0.25, 0.3) is 0 Å². The van der Waals surface area contributed by atoms with Gasteiger partial charge >= 0.3 is 11.9 Å². The van der Waals surface area contributed by atoms with Gasteiger partial charge in [0.1, 0.15) is 29.9 Å². The number of thioether (sulfide) groups is 1. The van der Waals surface area contributed by atoms with Gasteiger partial charge in [0.05, 0.1) is 37.6 Å². The van der Waals surface area contributed by atoms with Gasteiger partial charge in [-0.3, -0.25) is 19.9 Å². The number of fused-ring (bicyclic) bond motifs is 13. The number of piperazine rings is 1. The number of aliphatic hydroxyl groups is 1. The fraction of sp³-hybridized carbons (Fsp3) is 0.450. The summed E-state index contributed by atoms with van der Waals surface area (Å²) in [4.78, 5) is 30.5. The number of nitrogens with one attached hydrogen (secondary N) is 1. The molecule has 1 aromatic heterocycles. The van der Waals surface area contributed by atoms with Crippen LogP contribution in [0.1, 0.15) is 69.0 Å². The highest BCUT2D eigenvalue weighted by Gasteiger charge is 2.64. The van der Waals surface area contributed by atoms with Crippen molar-refractivity contribution in [2.45, 2.75) is 74.1 Å². The lowest BCUT2D eigenvalue weighted by Crippen LogP contribution is -2.69. The zero-order valence-electron chi connectivity index (χ0n) is 31.2. The number of cyclic esters (lactones) is 1.